The number of hydrogen-bond acceptors (Lipinski definition) is 4. The molecule has 2 aromatic rings. The van der Waals surface area contributed by atoms with Crippen LogP contribution in [0.3, 0.4) is 0 Å². The zero-order valence-electron chi connectivity index (χ0n) is 15.2. The number of aryl methyl sites for hydroxylation is 1. The lowest BCUT2D eigenvalue weighted by atomic mass is 9.81. The summed E-state index contributed by atoms with van der Waals surface area (Å²) in [7, 11) is 1.64. The maximum absolute atomic E-state index is 12.7. The van der Waals surface area contributed by atoms with Crippen molar-refractivity contribution in [2.75, 3.05) is 13.7 Å². The smallest absolute Gasteiger partial charge is 0.228 e. The van der Waals surface area contributed by atoms with Crippen molar-refractivity contribution >= 4 is 16.9 Å². The molecule has 1 aromatic heterocycles. The Morgan fingerprint density at radius 3 is 2.58 bits per heavy atom. The van der Waals surface area contributed by atoms with Crippen LogP contribution in [-0.2, 0) is 4.79 Å². The van der Waals surface area contributed by atoms with E-state index < -0.39 is 5.41 Å². The fourth-order valence-electron chi connectivity index (χ4n) is 3.13. The summed E-state index contributed by atoms with van der Waals surface area (Å²) in [6.45, 7) is 8.28. The Labute approximate surface area is 143 Å². The molecule has 0 saturated carbocycles. The second-order valence-corrected chi connectivity index (χ2v) is 6.34. The summed E-state index contributed by atoms with van der Waals surface area (Å²) >= 11 is 0. The van der Waals surface area contributed by atoms with Gasteiger partial charge in [0.25, 0.3) is 0 Å². The number of benzene rings is 1. The molecule has 0 bridgehead atoms. The highest BCUT2D eigenvalue weighted by atomic mass is 16.5. The largest absolute Gasteiger partial charge is 0.497 e. The summed E-state index contributed by atoms with van der Waals surface area (Å²) in [4.78, 5) is 12.7. The number of amides is 1. The van der Waals surface area contributed by atoms with Gasteiger partial charge < -0.3 is 20.2 Å². The van der Waals surface area contributed by atoms with E-state index in [-0.39, 0.29) is 11.9 Å². The van der Waals surface area contributed by atoms with Gasteiger partial charge in [-0.2, -0.15) is 0 Å². The molecule has 24 heavy (non-hydrogen) atoms. The zero-order chi connectivity index (χ0) is 17.9. The summed E-state index contributed by atoms with van der Waals surface area (Å²) in [5.41, 5.74) is 7.16. The van der Waals surface area contributed by atoms with Crippen LogP contribution in [0.4, 0.5) is 0 Å². The molecule has 1 atom stereocenters. The van der Waals surface area contributed by atoms with Crippen molar-refractivity contribution in [1.82, 2.24) is 5.32 Å². The van der Waals surface area contributed by atoms with Crippen molar-refractivity contribution in [3.05, 3.63) is 29.5 Å². The van der Waals surface area contributed by atoms with Crippen LogP contribution in [0.5, 0.6) is 5.75 Å². The van der Waals surface area contributed by atoms with Crippen molar-refractivity contribution < 1.29 is 13.9 Å². The number of hydrogen-bond donors (Lipinski definition) is 2. The highest BCUT2D eigenvalue weighted by molar-refractivity contribution is 5.85. The van der Waals surface area contributed by atoms with Crippen LogP contribution in [0.1, 0.15) is 51.0 Å². The Morgan fingerprint density at radius 2 is 2.04 bits per heavy atom. The third-order valence-electron chi connectivity index (χ3n) is 5.15. The standard InChI is InChI=1S/C19H28N2O3/c1-6-19(7-2,11-20)18(22)21-13(4)17-12(3)15-10-14(23-5)8-9-16(15)24-17/h8-10,13H,6-7,11,20H2,1-5H3,(H,21,22). The second kappa shape index (κ2) is 7.26. The van der Waals surface area contributed by atoms with Crippen LogP contribution in [0.2, 0.25) is 0 Å². The number of nitrogens with two attached hydrogens (primary N) is 1. The molecule has 1 aromatic carbocycles. The average Bonchev–Trinajstić information content (AvgIpc) is 2.93. The minimum atomic E-state index is -0.516. The van der Waals surface area contributed by atoms with Crippen LogP contribution in [0.15, 0.2) is 22.6 Å². The minimum absolute atomic E-state index is 0.0139. The Bertz CT molecular complexity index is 708. The molecule has 1 amide bonds. The lowest BCUT2D eigenvalue weighted by molar-refractivity contribution is -0.131. The van der Waals surface area contributed by atoms with E-state index in [0.717, 1.165) is 40.9 Å². The first kappa shape index (κ1) is 18.3. The number of furan rings is 1. The molecule has 2 rings (SSSR count). The van der Waals surface area contributed by atoms with Gasteiger partial charge in [0.2, 0.25) is 5.91 Å². The van der Waals surface area contributed by atoms with Crippen LogP contribution in [0.25, 0.3) is 11.0 Å². The highest BCUT2D eigenvalue weighted by Gasteiger charge is 2.34. The van der Waals surface area contributed by atoms with Crippen molar-refractivity contribution in [3.63, 3.8) is 0 Å². The fourth-order valence-corrected chi connectivity index (χ4v) is 3.13. The van der Waals surface area contributed by atoms with E-state index in [1.807, 2.05) is 45.9 Å². The number of fused-ring (bicyclic) bond motifs is 1. The van der Waals surface area contributed by atoms with E-state index in [4.69, 9.17) is 14.9 Å². The maximum Gasteiger partial charge on any atom is 0.228 e. The Hall–Kier alpha value is -2.01. The molecule has 0 aliphatic rings. The van der Waals surface area contributed by atoms with Crippen molar-refractivity contribution in [2.24, 2.45) is 11.1 Å². The number of rotatable bonds is 7. The first-order valence-electron chi connectivity index (χ1n) is 8.50. The van der Waals surface area contributed by atoms with E-state index >= 15 is 0 Å². The number of nitrogens with one attached hydrogen (secondary N) is 1. The third kappa shape index (κ3) is 3.13. The summed E-state index contributed by atoms with van der Waals surface area (Å²) in [5.74, 6) is 1.54. The third-order valence-corrected chi connectivity index (χ3v) is 5.15. The van der Waals surface area contributed by atoms with Gasteiger partial charge in [-0.15, -0.1) is 0 Å². The van der Waals surface area contributed by atoms with Crippen LogP contribution >= 0.6 is 0 Å². The number of methoxy groups -OCH3 is 1. The fraction of sp³-hybridized carbons (Fsp3) is 0.526. The second-order valence-electron chi connectivity index (χ2n) is 6.34. The number of ether oxygens (including phenoxy) is 1. The molecule has 132 valence electrons. The molecule has 1 heterocycles. The normalized spacial score (nSPS) is 13.1. The van der Waals surface area contributed by atoms with E-state index in [1.165, 1.54) is 0 Å². The molecule has 1 unspecified atom stereocenters. The molecule has 0 radical (unpaired) electrons. The zero-order valence-corrected chi connectivity index (χ0v) is 15.2. The lowest BCUT2D eigenvalue weighted by Crippen LogP contribution is -2.46. The van der Waals surface area contributed by atoms with E-state index in [0.29, 0.717) is 6.54 Å². The molecular formula is C19H28N2O3. The quantitative estimate of drug-likeness (QED) is 0.810. The summed E-state index contributed by atoms with van der Waals surface area (Å²) in [6, 6.07) is 5.49. The molecule has 0 aliphatic carbocycles. The molecule has 3 N–H and O–H groups in total. The summed E-state index contributed by atoms with van der Waals surface area (Å²) < 4.78 is 11.2. The van der Waals surface area contributed by atoms with E-state index in [9.17, 15) is 4.79 Å². The van der Waals surface area contributed by atoms with Crippen LogP contribution in [-0.4, -0.2) is 19.6 Å². The molecule has 0 fully saturated rings. The van der Waals surface area contributed by atoms with Crippen molar-refractivity contribution in [1.29, 1.82) is 0 Å². The Kier molecular flexibility index (Phi) is 5.54. The molecule has 5 nitrogen and oxygen atoms in total. The van der Waals surface area contributed by atoms with Crippen molar-refractivity contribution in [2.45, 2.75) is 46.6 Å². The summed E-state index contributed by atoms with van der Waals surface area (Å²) in [5, 5.41) is 4.08. The topological polar surface area (TPSA) is 77.5 Å². The van der Waals surface area contributed by atoms with E-state index in [1.54, 1.807) is 7.11 Å². The predicted octanol–water partition coefficient (Wildman–Crippen LogP) is 3.69. The van der Waals surface area contributed by atoms with Gasteiger partial charge >= 0.3 is 0 Å². The molecular weight excluding hydrogens is 304 g/mol. The van der Waals surface area contributed by atoms with Gasteiger partial charge in [0.05, 0.1) is 18.6 Å². The average molecular weight is 332 g/mol. The minimum Gasteiger partial charge on any atom is -0.497 e. The van der Waals surface area contributed by atoms with Gasteiger partial charge in [0.1, 0.15) is 17.1 Å². The molecule has 0 saturated heterocycles. The van der Waals surface area contributed by atoms with Gasteiger partial charge in [-0.25, -0.2) is 0 Å². The number of carbonyl (C=O) groups is 1. The van der Waals surface area contributed by atoms with Crippen molar-refractivity contribution in [3.8, 4) is 5.75 Å². The van der Waals surface area contributed by atoms with Gasteiger partial charge in [-0.05, 0) is 44.9 Å². The SMILES string of the molecule is CCC(CC)(CN)C(=O)NC(C)c1oc2ccc(OC)cc2c1C. The van der Waals surface area contributed by atoms with Crippen LogP contribution in [0, 0.1) is 12.3 Å². The maximum atomic E-state index is 12.7. The predicted molar refractivity (Wildman–Crippen MR) is 96.1 cm³/mol. The molecule has 0 spiro atoms. The molecule has 5 heteroatoms. The first-order valence-corrected chi connectivity index (χ1v) is 8.50. The van der Waals surface area contributed by atoms with Gasteiger partial charge in [-0.3, -0.25) is 4.79 Å². The van der Waals surface area contributed by atoms with Crippen LogP contribution < -0.4 is 15.8 Å². The molecule has 0 aliphatic heterocycles. The lowest BCUT2D eigenvalue weighted by Gasteiger charge is -2.30. The highest BCUT2D eigenvalue weighted by Crippen LogP contribution is 2.33. The summed E-state index contributed by atoms with van der Waals surface area (Å²) in [6.07, 6.45) is 1.43. The first-order chi connectivity index (χ1) is 11.4. The monoisotopic (exact) mass is 332 g/mol. The van der Waals surface area contributed by atoms with Gasteiger partial charge in [0.15, 0.2) is 0 Å². The van der Waals surface area contributed by atoms with Gasteiger partial charge in [-0.1, -0.05) is 13.8 Å². The van der Waals surface area contributed by atoms with E-state index in [2.05, 4.69) is 5.32 Å². The Morgan fingerprint density at radius 1 is 1.38 bits per heavy atom. The van der Waals surface area contributed by atoms with Gasteiger partial charge in [0, 0.05) is 17.5 Å². The Balaban J connectivity index is 2.30. The number of carbonyl (C=O) groups excluding carboxylic acids is 1.